The van der Waals surface area contributed by atoms with Gasteiger partial charge >= 0.3 is 5.97 Å². The van der Waals surface area contributed by atoms with Gasteiger partial charge in [-0.05, 0) is 48.6 Å². The Bertz CT molecular complexity index is 966. The van der Waals surface area contributed by atoms with Crippen LogP contribution in [0.25, 0.3) is 0 Å². The van der Waals surface area contributed by atoms with Crippen molar-refractivity contribution in [3.63, 3.8) is 0 Å². The first-order valence-electron chi connectivity index (χ1n) is 8.66. The minimum Gasteiger partial charge on any atom is -0.457 e. The molecule has 2 aromatic rings. The van der Waals surface area contributed by atoms with Gasteiger partial charge in [-0.15, -0.1) is 0 Å². The molecule has 5 rings (SSSR count). The second-order valence-electron chi connectivity index (χ2n) is 6.99. The standard InChI is InChI=1S/C20H14ClNO5/c21-12-5-6-14(27-20(25)15-2-1-7-26-15)13(9-12)22-18(23)16-10-3-4-11(8-10)17(16)19(22)24/h1-7,9-11,16-17H,8H2/t10-,11+,16-,17-/m0/s1. The maximum absolute atomic E-state index is 13.0. The number of imide groups is 1. The number of esters is 1. The number of benzene rings is 1. The third-order valence-corrected chi connectivity index (χ3v) is 5.79. The molecule has 1 saturated heterocycles. The first-order valence-corrected chi connectivity index (χ1v) is 9.04. The normalized spacial score (nSPS) is 28.1. The number of anilines is 1. The Kier molecular flexibility index (Phi) is 3.52. The molecule has 0 spiro atoms. The third kappa shape index (κ3) is 2.36. The number of hydrogen-bond acceptors (Lipinski definition) is 5. The molecular weight excluding hydrogens is 370 g/mol. The maximum atomic E-state index is 13.0. The molecule has 2 aliphatic carbocycles. The molecule has 2 heterocycles. The predicted octanol–water partition coefficient (Wildman–Crippen LogP) is 3.46. The van der Waals surface area contributed by atoms with E-state index in [9.17, 15) is 14.4 Å². The number of allylic oxidation sites excluding steroid dienone is 2. The van der Waals surface area contributed by atoms with E-state index in [4.69, 9.17) is 20.8 Å². The fourth-order valence-corrected chi connectivity index (χ4v) is 4.60. The SMILES string of the molecule is O=C(Oc1ccc(Cl)cc1N1C(=O)[C@@H]2[C@@H](C1=O)[C@H]1C=C[C@@H]2C1)c1ccco1. The predicted molar refractivity (Wildman–Crippen MR) is 95.3 cm³/mol. The summed E-state index contributed by atoms with van der Waals surface area (Å²) in [7, 11) is 0. The topological polar surface area (TPSA) is 76.8 Å². The number of furan rings is 1. The van der Waals surface area contributed by atoms with Crippen LogP contribution in [0.3, 0.4) is 0 Å². The zero-order chi connectivity index (χ0) is 18.7. The van der Waals surface area contributed by atoms with E-state index in [1.807, 2.05) is 12.2 Å². The average Bonchev–Trinajstić information content (AvgIpc) is 3.42. The zero-order valence-electron chi connectivity index (χ0n) is 14.0. The zero-order valence-corrected chi connectivity index (χ0v) is 14.8. The summed E-state index contributed by atoms with van der Waals surface area (Å²) in [6.45, 7) is 0. The molecule has 1 aliphatic heterocycles. The number of amides is 2. The number of carbonyl (C=O) groups is 3. The van der Waals surface area contributed by atoms with E-state index in [-0.39, 0.29) is 52.7 Å². The lowest BCUT2D eigenvalue weighted by molar-refractivity contribution is -0.123. The van der Waals surface area contributed by atoms with Gasteiger partial charge in [-0.3, -0.25) is 9.59 Å². The molecule has 2 fully saturated rings. The molecule has 6 nitrogen and oxygen atoms in total. The highest BCUT2D eigenvalue weighted by Crippen LogP contribution is 2.54. The summed E-state index contributed by atoms with van der Waals surface area (Å²) in [5, 5.41) is 0.335. The van der Waals surface area contributed by atoms with Crippen LogP contribution in [0.5, 0.6) is 5.75 Å². The third-order valence-electron chi connectivity index (χ3n) is 5.56. The van der Waals surface area contributed by atoms with Gasteiger partial charge in [-0.1, -0.05) is 23.8 Å². The molecule has 1 aromatic heterocycles. The van der Waals surface area contributed by atoms with E-state index in [1.165, 1.54) is 30.5 Å². The van der Waals surface area contributed by atoms with Crippen molar-refractivity contribution in [2.45, 2.75) is 6.42 Å². The quantitative estimate of drug-likeness (QED) is 0.351. The summed E-state index contributed by atoms with van der Waals surface area (Å²) in [6.07, 6.45) is 6.25. The van der Waals surface area contributed by atoms with Crippen molar-refractivity contribution >= 4 is 35.1 Å². The van der Waals surface area contributed by atoms with Crippen LogP contribution < -0.4 is 9.64 Å². The van der Waals surface area contributed by atoms with Crippen molar-refractivity contribution in [1.82, 2.24) is 0 Å². The number of rotatable bonds is 3. The number of halogens is 1. The van der Waals surface area contributed by atoms with Crippen LogP contribution in [0.15, 0.2) is 53.2 Å². The second kappa shape index (κ2) is 5.82. The molecule has 0 N–H and O–H groups in total. The van der Waals surface area contributed by atoms with Crippen LogP contribution in [0.1, 0.15) is 17.0 Å². The molecule has 7 heteroatoms. The summed E-state index contributed by atoms with van der Waals surface area (Å²) in [4.78, 5) is 39.4. The van der Waals surface area contributed by atoms with Crippen molar-refractivity contribution < 1.29 is 23.5 Å². The monoisotopic (exact) mass is 383 g/mol. The molecule has 0 radical (unpaired) electrons. The molecule has 1 saturated carbocycles. The molecule has 4 atom stereocenters. The summed E-state index contributed by atoms with van der Waals surface area (Å²) in [5.74, 6) is -1.65. The Morgan fingerprint density at radius 1 is 1.11 bits per heavy atom. The van der Waals surface area contributed by atoms with Gasteiger partial charge in [0.05, 0.1) is 23.8 Å². The summed E-state index contributed by atoms with van der Waals surface area (Å²) < 4.78 is 10.4. The highest BCUT2D eigenvalue weighted by atomic mass is 35.5. The summed E-state index contributed by atoms with van der Waals surface area (Å²) in [6, 6.07) is 7.51. The Morgan fingerprint density at radius 3 is 2.44 bits per heavy atom. The van der Waals surface area contributed by atoms with Crippen LogP contribution in [-0.2, 0) is 9.59 Å². The van der Waals surface area contributed by atoms with Gasteiger partial charge < -0.3 is 9.15 Å². The fraction of sp³-hybridized carbons (Fsp3) is 0.250. The highest BCUT2D eigenvalue weighted by Gasteiger charge is 2.60. The average molecular weight is 384 g/mol. The maximum Gasteiger partial charge on any atom is 0.379 e. The number of hydrogen-bond donors (Lipinski definition) is 0. The Hall–Kier alpha value is -2.86. The van der Waals surface area contributed by atoms with E-state index >= 15 is 0 Å². The fourth-order valence-electron chi connectivity index (χ4n) is 4.44. The van der Waals surface area contributed by atoms with Gasteiger partial charge in [0, 0.05) is 5.02 Å². The van der Waals surface area contributed by atoms with Crippen LogP contribution in [0, 0.1) is 23.7 Å². The number of fused-ring (bicyclic) bond motifs is 5. The van der Waals surface area contributed by atoms with Crippen LogP contribution in [-0.4, -0.2) is 17.8 Å². The van der Waals surface area contributed by atoms with Crippen LogP contribution in [0.4, 0.5) is 5.69 Å². The van der Waals surface area contributed by atoms with Crippen molar-refractivity contribution in [2.75, 3.05) is 4.90 Å². The smallest absolute Gasteiger partial charge is 0.379 e. The Balaban J connectivity index is 1.52. The number of ether oxygens (including phenoxy) is 1. The molecule has 3 aliphatic rings. The lowest BCUT2D eigenvalue weighted by Gasteiger charge is -2.20. The van der Waals surface area contributed by atoms with E-state index in [0.29, 0.717) is 5.02 Å². The summed E-state index contributed by atoms with van der Waals surface area (Å²) in [5.41, 5.74) is 0.186. The van der Waals surface area contributed by atoms with E-state index in [0.717, 1.165) is 11.3 Å². The minimum atomic E-state index is -0.718. The number of nitrogens with zero attached hydrogens (tertiary/aromatic N) is 1. The van der Waals surface area contributed by atoms with E-state index < -0.39 is 5.97 Å². The second-order valence-corrected chi connectivity index (χ2v) is 7.43. The largest absolute Gasteiger partial charge is 0.457 e. The molecule has 136 valence electrons. The van der Waals surface area contributed by atoms with E-state index in [1.54, 1.807) is 6.07 Å². The molecule has 0 unspecified atom stereocenters. The van der Waals surface area contributed by atoms with Gasteiger partial charge in [0.15, 0.2) is 5.75 Å². The van der Waals surface area contributed by atoms with Gasteiger partial charge in [-0.2, -0.15) is 0 Å². The van der Waals surface area contributed by atoms with Crippen molar-refractivity contribution in [2.24, 2.45) is 23.7 Å². The van der Waals surface area contributed by atoms with Crippen molar-refractivity contribution in [3.8, 4) is 5.75 Å². The van der Waals surface area contributed by atoms with Crippen LogP contribution >= 0.6 is 11.6 Å². The van der Waals surface area contributed by atoms with Gasteiger partial charge in [0.25, 0.3) is 0 Å². The number of carbonyl (C=O) groups excluding carboxylic acids is 3. The van der Waals surface area contributed by atoms with Crippen molar-refractivity contribution in [1.29, 1.82) is 0 Å². The Morgan fingerprint density at radius 2 is 1.81 bits per heavy atom. The van der Waals surface area contributed by atoms with Crippen molar-refractivity contribution in [3.05, 3.63) is 59.5 Å². The lowest BCUT2D eigenvalue weighted by Crippen LogP contribution is -2.33. The molecule has 1 aromatic carbocycles. The molecule has 27 heavy (non-hydrogen) atoms. The Labute approximate surface area is 159 Å². The molecule has 2 bridgehead atoms. The lowest BCUT2D eigenvalue weighted by atomic mass is 9.85. The highest BCUT2D eigenvalue weighted by molar-refractivity contribution is 6.31. The molecular formula is C20H14ClNO5. The van der Waals surface area contributed by atoms with Gasteiger partial charge in [0.2, 0.25) is 17.6 Å². The van der Waals surface area contributed by atoms with E-state index in [2.05, 4.69) is 0 Å². The first kappa shape index (κ1) is 16.3. The summed E-state index contributed by atoms with van der Waals surface area (Å²) >= 11 is 6.10. The van der Waals surface area contributed by atoms with Gasteiger partial charge in [-0.25, -0.2) is 9.69 Å². The first-order chi connectivity index (χ1) is 13.0. The van der Waals surface area contributed by atoms with Gasteiger partial charge in [0.1, 0.15) is 0 Å². The minimum absolute atomic E-state index is 0.0223. The van der Waals surface area contributed by atoms with Crippen LogP contribution in [0.2, 0.25) is 5.02 Å². The molecule has 2 amide bonds.